The molecule has 1 aromatic rings. The van der Waals surface area contributed by atoms with Crippen molar-refractivity contribution in [2.45, 2.75) is 63.5 Å². The molecule has 0 bridgehead atoms. The third kappa shape index (κ3) is 5.37. The number of alkyl halides is 1. The zero-order valence-corrected chi connectivity index (χ0v) is 14.4. The van der Waals surface area contributed by atoms with E-state index in [0.29, 0.717) is 23.5 Å². The number of anilines is 1. The van der Waals surface area contributed by atoms with Crippen molar-refractivity contribution in [3.63, 3.8) is 0 Å². The van der Waals surface area contributed by atoms with E-state index in [2.05, 4.69) is 22.4 Å². The van der Waals surface area contributed by atoms with Crippen LogP contribution in [-0.2, 0) is 6.42 Å². The van der Waals surface area contributed by atoms with Crippen LogP contribution in [0.15, 0.2) is 0 Å². The Bertz CT molecular complexity index is 481. The molecule has 124 valence electrons. The van der Waals surface area contributed by atoms with Crippen LogP contribution >= 0.6 is 22.9 Å². The number of carbonyl (C=O) groups excluding carboxylic acids is 1. The summed E-state index contributed by atoms with van der Waals surface area (Å²) < 4.78 is 0. The first-order chi connectivity index (χ1) is 10.6. The van der Waals surface area contributed by atoms with Crippen LogP contribution in [0.5, 0.6) is 0 Å². The van der Waals surface area contributed by atoms with Gasteiger partial charge in [-0.05, 0) is 19.3 Å². The molecule has 0 radical (unpaired) electrons. The number of hydrogen-bond donors (Lipinski definition) is 2. The van der Waals surface area contributed by atoms with Crippen LogP contribution < -0.4 is 10.2 Å². The zero-order valence-electron chi connectivity index (χ0n) is 12.8. The van der Waals surface area contributed by atoms with Crippen molar-refractivity contribution in [3.8, 4) is 0 Å². The molecule has 2 heterocycles. The molecule has 6 nitrogen and oxygen atoms in total. The third-order valence-electron chi connectivity index (χ3n) is 3.36. The Kier molecular flexibility index (Phi) is 6.85. The molecule has 1 aliphatic heterocycles. The van der Waals surface area contributed by atoms with Crippen molar-refractivity contribution in [2.75, 3.05) is 11.4 Å². The number of nitrogens with one attached hydrogen (secondary N) is 1. The fraction of sp³-hybridized carbons (Fsp3) is 0.786. The second-order valence-corrected chi connectivity index (χ2v) is 7.14. The molecule has 2 aliphatic rings. The highest BCUT2D eigenvalue weighted by atomic mass is 35.5. The molecule has 1 atom stereocenters. The van der Waals surface area contributed by atoms with Gasteiger partial charge in [0.05, 0.1) is 0 Å². The van der Waals surface area contributed by atoms with E-state index in [0.717, 1.165) is 17.8 Å². The Morgan fingerprint density at radius 2 is 2.09 bits per heavy atom. The van der Waals surface area contributed by atoms with E-state index in [4.69, 9.17) is 11.6 Å². The molecule has 1 aromatic heterocycles. The van der Waals surface area contributed by atoms with Crippen LogP contribution in [0, 0.1) is 0 Å². The number of carbonyl (C=O) groups is 1. The summed E-state index contributed by atoms with van der Waals surface area (Å²) in [7, 11) is 0. The van der Waals surface area contributed by atoms with E-state index in [1.165, 1.54) is 41.9 Å². The van der Waals surface area contributed by atoms with E-state index < -0.39 is 6.23 Å². The van der Waals surface area contributed by atoms with E-state index in [1.54, 1.807) is 0 Å². The van der Waals surface area contributed by atoms with Gasteiger partial charge >= 0.3 is 6.03 Å². The van der Waals surface area contributed by atoms with Crippen molar-refractivity contribution < 1.29 is 9.90 Å². The number of rotatable bonds is 5. The van der Waals surface area contributed by atoms with Gasteiger partial charge in [-0.25, -0.2) is 9.69 Å². The van der Waals surface area contributed by atoms with Crippen molar-refractivity contribution in [1.82, 2.24) is 15.5 Å². The van der Waals surface area contributed by atoms with Gasteiger partial charge in [0.15, 0.2) is 0 Å². The number of hydrogen-bond acceptors (Lipinski definition) is 5. The molecule has 1 aliphatic carbocycles. The molecule has 22 heavy (non-hydrogen) atoms. The molecule has 2 N–H and O–H groups in total. The lowest BCUT2D eigenvalue weighted by molar-refractivity contribution is 0.145. The minimum atomic E-state index is -0.796. The number of unbranched alkanes of at least 4 members (excludes halogenated alkanes) is 2. The highest BCUT2D eigenvalue weighted by Crippen LogP contribution is 2.26. The highest BCUT2D eigenvalue weighted by molar-refractivity contribution is 7.15. The van der Waals surface area contributed by atoms with Gasteiger partial charge in [0.2, 0.25) is 5.13 Å². The van der Waals surface area contributed by atoms with Crippen molar-refractivity contribution in [3.05, 3.63) is 5.01 Å². The monoisotopic (exact) mass is 346 g/mol. The van der Waals surface area contributed by atoms with Crippen LogP contribution in [0.1, 0.15) is 50.5 Å². The lowest BCUT2D eigenvalue weighted by atomic mass is 10.2. The number of urea groups is 1. The van der Waals surface area contributed by atoms with Crippen molar-refractivity contribution in [1.29, 1.82) is 0 Å². The van der Waals surface area contributed by atoms with Crippen molar-refractivity contribution >= 4 is 34.1 Å². The summed E-state index contributed by atoms with van der Waals surface area (Å²) in [5.41, 5.74) is 0. The molecule has 8 heteroatoms. The molecular formula is C14H23ClN4O2S. The standard InChI is InChI=1S/C11H18N4O2S.C3H5Cl/c1-2-3-4-5-8-13-14-11(18-8)15-9(16)6-7-12-10(15)17;4-3-1-2-3/h9,16H,2-7H2,1H3,(H,12,17);3H,1-2H2. The number of aliphatic hydroxyl groups excluding tert-OH is 1. The van der Waals surface area contributed by atoms with E-state index in [1.807, 2.05) is 0 Å². The summed E-state index contributed by atoms with van der Waals surface area (Å²) in [6.45, 7) is 2.65. The maximum atomic E-state index is 11.7. The third-order valence-corrected chi connectivity index (χ3v) is 4.78. The molecule has 1 saturated heterocycles. The predicted molar refractivity (Wildman–Crippen MR) is 88.5 cm³/mol. The first-order valence-corrected chi connectivity index (χ1v) is 9.08. The van der Waals surface area contributed by atoms with E-state index in [9.17, 15) is 9.90 Å². The van der Waals surface area contributed by atoms with Gasteiger partial charge in [-0.15, -0.1) is 21.8 Å². The molecule has 1 unspecified atom stereocenters. The number of halogens is 1. The lowest BCUT2D eigenvalue weighted by Gasteiger charge is -2.29. The summed E-state index contributed by atoms with van der Waals surface area (Å²) in [5.74, 6) is 0. The first kappa shape index (κ1) is 17.4. The second-order valence-electron chi connectivity index (χ2n) is 5.48. The van der Waals surface area contributed by atoms with Crippen LogP contribution in [0.4, 0.5) is 9.93 Å². The summed E-state index contributed by atoms with van der Waals surface area (Å²) in [4.78, 5) is 13.0. The molecule has 0 aromatic carbocycles. The average molecular weight is 347 g/mol. The van der Waals surface area contributed by atoms with Gasteiger partial charge in [0, 0.05) is 24.8 Å². The fourth-order valence-electron chi connectivity index (χ4n) is 1.90. The van der Waals surface area contributed by atoms with Crippen LogP contribution in [-0.4, -0.2) is 39.5 Å². The minimum Gasteiger partial charge on any atom is -0.373 e. The van der Waals surface area contributed by atoms with Gasteiger partial charge in [0.1, 0.15) is 11.2 Å². The molecule has 1 saturated carbocycles. The topological polar surface area (TPSA) is 78.4 Å². The first-order valence-electron chi connectivity index (χ1n) is 7.83. The quantitative estimate of drug-likeness (QED) is 0.634. The number of amides is 2. The highest BCUT2D eigenvalue weighted by Gasteiger charge is 2.30. The Hall–Kier alpha value is -0.920. The van der Waals surface area contributed by atoms with Crippen LogP contribution in [0.25, 0.3) is 0 Å². The molecule has 2 amide bonds. The maximum absolute atomic E-state index is 11.7. The molecule has 0 spiro atoms. The summed E-state index contributed by atoms with van der Waals surface area (Å²) in [5, 5.41) is 22.5. The Morgan fingerprint density at radius 1 is 1.36 bits per heavy atom. The zero-order chi connectivity index (χ0) is 15.9. The summed E-state index contributed by atoms with van der Waals surface area (Å²) in [6, 6.07) is -0.301. The molecular weight excluding hydrogens is 324 g/mol. The average Bonchev–Trinajstić information content (AvgIpc) is 3.13. The second kappa shape index (κ2) is 8.64. The van der Waals surface area contributed by atoms with E-state index in [-0.39, 0.29) is 6.03 Å². The SMILES string of the molecule is CCCCCc1nnc(N2C(=O)NCCC2O)s1.ClC1CC1. The number of aromatic nitrogens is 2. The summed E-state index contributed by atoms with van der Waals surface area (Å²) >= 11 is 6.77. The Morgan fingerprint density at radius 3 is 2.68 bits per heavy atom. The number of nitrogens with zero attached hydrogens (tertiary/aromatic N) is 3. The predicted octanol–water partition coefficient (Wildman–Crippen LogP) is 2.90. The van der Waals surface area contributed by atoms with Gasteiger partial charge in [-0.3, -0.25) is 0 Å². The minimum absolute atomic E-state index is 0.301. The summed E-state index contributed by atoms with van der Waals surface area (Å²) in [6.07, 6.45) is 6.52. The maximum Gasteiger partial charge on any atom is 0.325 e. The number of aliphatic hydroxyl groups is 1. The lowest BCUT2D eigenvalue weighted by Crippen LogP contribution is -2.52. The van der Waals surface area contributed by atoms with Gasteiger partial charge in [-0.1, -0.05) is 31.1 Å². The Balaban J connectivity index is 0.000000381. The van der Waals surface area contributed by atoms with Crippen LogP contribution in [0.3, 0.4) is 0 Å². The normalized spacial score (nSPS) is 21.1. The number of aryl methyl sites for hydroxylation is 1. The molecule has 3 rings (SSSR count). The van der Waals surface area contributed by atoms with Gasteiger partial charge < -0.3 is 10.4 Å². The Labute approximate surface area is 139 Å². The smallest absolute Gasteiger partial charge is 0.325 e. The van der Waals surface area contributed by atoms with Crippen molar-refractivity contribution in [2.24, 2.45) is 0 Å². The van der Waals surface area contributed by atoms with Gasteiger partial charge in [-0.2, -0.15) is 0 Å². The van der Waals surface area contributed by atoms with Crippen LogP contribution in [0.2, 0.25) is 0 Å². The largest absolute Gasteiger partial charge is 0.373 e. The van der Waals surface area contributed by atoms with E-state index >= 15 is 0 Å². The van der Waals surface area contributed by atoms with Gasteiger partial charge in [0.25, 0.3) is 0 Å². The fourth-order valence-corrected chi connectivity index (χ4v) is 2.95. The molecule has 2 fully saturated rings.